The summed E-state index contributed by atoms with van der Waals surface area (Å²) in [6, 6.07) is 9.48. The van der Waals surface area contributed by atoms with Crippen molar-refractivity contribution >= 4 is 27.1 Å². The fraction of sp³-hybridized carbons (Fsp3) is 0.375. The van der Waals surface area contributed by atoms with Gasteiger partial charge < -0.3 is 4.90 Å². The Morgan fingerprint density at radius 1 is 1.30 bits per heavy atom. The molecule has 0 spiro atoms. The average Bonchev–Trinajstić information content (AvgIpc) is 3.09. The zero-order chi connectivity index (χ0) is 16.6. The minimum Gasteiger partial charge on any atom is -0.337 e. The molecule has 23 heavy (non-hydrogen) atoms. The van der Waals surface area contributed by atoms with E-state index in [0.717, 1.165) is 10.6 Å². The van der Waals surface area contributed by atoms with E-state index in [9.17, 15) is 13.2 Å². The summed E-state index contributed by atoms with van der Waals surface area (Å²) in [5, 5.41) is 0.805. The molecule has 0 saturated carbocycles. The summed E-state index contributed by atoms with van der Waals surface area (Å²) in [6.07, 6.45) is 0.508. The van der Waals surface area contributed by atoms with Crippen LogP contribution < -0.4 is 0 Å². The summed E-state index contributed by atoms with van der Waals surface area (Å²) >= 11 is 1.36. The molecule has 5 nitrogen and oxygen atoms in total. The topological polar surface area (TPSA) is 67.3 Å². The zero-order valence-corrected chi connectivity index (χ0v) is 14.7. The van der Waals surface area contributed by atoms with E-state index in [4.69, 9.17) is 0 Å². The van der Waals surface area contributed by atoms with Crippen molar-refractivity contribution in [2.45, 2.75) is 19.4 Å². The monoisotopic (exact) mass is 350 g/mol. The highest BCUT2D eigenvalue weighted by molar-refractivity contribution is 7.91. The first-order valence-electron chi connectivity index (χ1n) is 7.38. The normalized spacial score (nSPS) is 19.7. The Morgan fingerprint density at radius 3 is 2.61 bits per heavy atom. The lowest BCUT2D eigenvalue weighted by atomic mass is 10.2. The molecule has 1 atom stereocenters. The number of carbonyl (C=O) groups excluding carboxylic acids is 1. The molecule has 1 saturated heterocycles. The number of aryl methyl sites for hydroxylation is 1. The maximum absolute atomic E-state index is 12.7. The Balaban J connectivity index is 1.84. The van der Waals surface area contributed by atoms with Crippen molar-refractivity contribution in [3.05, 3.63) is 40.9 Å². The zero-order valence-electron chi connectivity index (χ0n) is 13.0. The van der Waals surface area contributed by atoms with Crippen molar-refractivity contribution in [2.24, 2.45) is 0 Å². The van der Waals surface area contributed by atoms with Crippen molar-refractivity contribution in [1.82, 2.24) is 9.88 Å². The molecule has 1 fully saturated rings. The van der Waals surface area contributed by atoms with Crippen LogP contribution in [-0.4, -0.2) is 48.8 Å². The van der Waals surface area contributed by atoms with Crippen LogP contribution in [0.25, 0.3) is 10.6 Å². The number of sulfone groups is 1. The van der Waals surface area contributed by atoms with Crippen LogP contribution in [0.5, 0.6) is 0 Å². The average molecular weight is 350 g/mol. The Morgan fingerprint density at radius 2 is 2.00 bits per heavy atom. The number of aromatic nitrogens is 1. The van der Waals surface area contributed by atoms with Gasteiger partial charge in [-0.3, -0.25) is 4.79 Å². The van der Waals surface area contributed by atoms with Crippen molar-refractivity contribution in [2.75, 3.05) is 18.6 Å². The van der Waals surface area contributed by atoms with Gasteiger partial charge in [0, 0.05) is 18.7 Å². The molecular formula is C16H18N2O3S2. The number of thiazole rings is 1. The van der Waals surface area contributed by atoms with Gasteiger partial charge in [-0.1, -0.05) is 30.3 Å². The van der Waals surface area contributed by atoms with Gasteiger partial charge >= 0.3 is 0 Å². The molecule has 1 amide bonds. The van der Waals surface area contributed by atoms with E-state index in [1.807, 2.05) is 37.3 Å². The lowest BCUT2D eigenvalue weighted by molar-refractivity contribution is 0.0751. The first kappa shape index (κ1) is 16.1. The number of nitrogens with zero attached hydrogens (tertiary/aromatic N) is 2. The molecule has 122 valence electrons. The fourth-order valence-corrected chi connectivity index (χ4v) is 5.53. The Labute approximate surface area is 139 Å². The number of hydrogen-bond acceptors (Lipinski definition) is 5. The van der Waals surface area contributed by atoms with Gasteiger partial charge in [-0.2, -0.15) is 0 Å². The second-order valence-corrected chi connectivity index (χ2v) is 9.00. The maximum atomic E-state index is 12.7. The summed E-state index contributed by atoms with van der Waals surface area (Å²) in [5.74, 6) is 0.0643. The van der Waals surface area contributed by atoms with Gasteiger partial charge in [-0.25, -0.2) is 13.4 Å². The molecule has 1 aliphatic rings. The second kappa shape index (κ2) is 6.05. The van der Waals surface area contributed by atoms with Gasteiger partial charge in [-0.15, -0.1) is 11.3 Å². The smallest absolute Gasteiger partial charge is 0.265 e. The summed E-state index contributed by atoms with van der Waals surface area (Å²) in [4.78, 5) is 19.3. The summed E-state index contributed by atoms with van der Waals surface area (Å²) < 4.78 is 23.2. The molecular weight excluding hydrogens is 332 g/mol. The van der Waals surface area contributed by atoms with E-state index in [-0.39, 0.29) is 23.5 Å². The van der Waals surface area contributed by atoms with Gasteiger partial charge in [0.25, 0.3) is 5.91 Å². The highest BCUT2D eigenvalue weighted by Gasteiger charge is 2.34. The van der Waals surface area contributed by atoms with Gasteiger partial charge in [0.1, 0.15) is 9.88 Å². The lowest BCUT2D eigenvalue weighted by Crippen LogP contribution is -2.37. The van der Waals surface area contributed by atoms with E-state index in [1.54, 1.807) is 11.9 Å². The quantitative estimate of drug-likeness (QED) is 0.852. The van der Waals surface area contributed by atoms with Crippen LogP contribution in [0.15, 0.2) is 30.3 Å². The second-order valence-electron chi connectivity index (χ2n) is 5.77. The molecule has 2 heterocycles. The fourth-order valence-electron chi connectivity index (χ4n) is 2.71. The highest BCUT2D eigenvalue weighted by atomic mass is 32.2. The third-order valence-corrected chi connectivity index (χ3v) is 7.03. The molecule has 0 N–H and O–H groups in total. The van der Waals surface area contributed by atoms with Crippen molar-refractivity contribution in [1.29, 1.82) is 0 Å². The van der Waals surface area contributed by atoms with E-state index in [1.165, 1.54) is 11.3 Å². The van der Waals surface area contributed by atoms with Gasteiger partial charge in [0.15, 0.2) is 9.84 Å². The number of benzene rings is 1. The summed E-state index contributed by atoms with van der Waals surface area (Å²) in [5.41, 5.74) is 1.66. The molecule has 1 aliphatic heterocycles. The van der Waals surface area contributed by atoms with Gasteiger partial charge in [-0.05, 0) is 13.3 Å². The van der Waals surface area contributed by atoms with E-state index in [0.29, 0.717) is 17.0 Å². The highest BCUT2D eigenvalue weighted by Crippen LogP contribution is 2.29. The van der Waals surface area contributed by atoms with Crippen LogP contribution in [0, 0.1) is 6.92 Å². The largest absolute Gasteiger partial charge is 0.337 e. The Bertz CT molecular complexity index is 828. The number of carbonyl (C=O) groups is 1. The molecule has 1 aromatic heterocycles. The van der Waals surface area contributed by atoms with Gasteiger partial charge in [0.05, 0.1) is 17.2 Å². The maximum Gasteiger partial charge on any atom is 0.265 e. The first-order chi connectivity index (χ1) is 10.9. The molecule has 0 aliphatic carbocycles. The Hall–Kier alpha value is -1.73. The van der Waals surface area contributed by atoms with Crippen LogP contribution in [0.4, 0.5) is 0 Å². The first-order valence-corrected chi connectivity index (χ1v) is 10.0. The molecule has 7 heteroatoms. The van der Waals surface area contributed by atoms with Crippen LogP contribution >= 0.6 is 11.3 Å². The number of hydrogen-bond donors (Lipinski definition) is 0. The summed E-state index contributed by atoms with van der Waals surface area (Å²) in [7, 11) is -1.33. The van der Waals surface area contributed by atoms with Crippen LogP contribution in [-0.2, 0) is 9.84 Å². The molecule has 1 aromatic carbocycles. The minimum absolute atomic E-state index is 0.0542. The third kappa shape index (κ3) is 3.30. The minimum atomic E-state index is -3.01. The van der Waals surface area contributed by atoms with Crippen molar-refractivity contribution in [3.8, 4) is 10.6 Å². The molecule has 0 radical (unpaired) electrons. The van der Waals surface area contributed by atoms with E-state index >= 15 is 0 Å². The molecule has 0 bridgehead atoms. The lowest BCUT2D eigenvalue weighted by Gasteiger charge is -2.22. The van der Waals surface area contributed by atoms with Crippen LogP contribution in [0.2, 0.25) is 0 Å². The predicted octanol–water partition coefficient (Wildman–Crippen LogP) is 2.38. The molecule has 0 unspecified atom stereocenters. The summed E-state index contributed by atoms with van der Waals surface area (Å²) in [6.45, 7) is 1.81. The SMILES string of the molecule is Cc1nc(-c2ccccc2)sc1C(=O)N(C)[C@@H]1CCS(=O)(=O)C1. The number of rotatable bonds is 3. The molecule has 3 rings (SSSR count). The van der Waals surface area contributed by atoms with Crippen LogP contribution in [0.1, 0.15) is 21.8 Å². The van der Waals surface area contributed by atoms with Gasteiger partial charge in [0.2, 0.25) is 0 Å². The van der Waals surface area contributed by atoms with E-state index in [2.05, 4.69) is 4.98 Å². The van der Waals surface area contributed by atoms with E-state index < -0.39 is 9.84 Å². The molecule has 2 aromatic rings. The van der Waals surface area contributed by atoms with Crippen LogP contribution in [0.3, 0.4) is 0 Å². The predicted molar refractivity (Wildman–Crippen MR) is 91.4 cm³/mol. The van der Waals surface area contributed by atoms with Crippen molar-refractivity contribution in [3.63, 3.8) is 0 Å². The Kier molecular flexibility index (Phi) is 4.25. The third-order valence-electron chi connectivity index (χ3n) is 4.09. The van der Waals surface area contributed by atoms with Crippen molar-refractivity contribution < 1.29 is 13.2 Å². The number of amides is 1. The standard InChI is InChI=1S/C16H18N2O3S2/c1-11-14(22-15(17-11)12-6-4-3-5-7-12)16(19)18(2)13-8-9-23(20,21)10-13/h3-7,13H,8-10H2,1-2H3/t13-/m1/s1.